The maximum atomic E-state index is 11.1. The summed E-state index contributed by atoms with van der Waals surface area (Å²) in [5.41, 5.74) is 1.43. The maximum Gasteiger partial charge on any atom is 0.302 e. The largest absolute Gasteiger partial charge is 0.462 e. The van der Waals surface area contributed by atoms with Crippen LogP contribution in [0.4, 0.5) is 0 Å². The van der Waals surface area contributed by atoms with E-state index in [4.69, 9.17) is 18.6 Å². The number of esters is 1. The molecule has 0 amide bonds. The fourth-order valence-electron chi connectivity index (χ4n) is 4.91. The van der Waals surface area contributed by atoms with Crippen LogP contribution in [0.5, 0.6) is 0 Å². The molecule has 1 unspecified atom stereocenters. The highest BCUT2D eigenvalue weighted by Crippen LogP contribution is 2.52. The number of ether oxygens (including phenoxy) is 3. The van der Waals surface area contributed by atoms with Crippen LogP contribution in [0.3, 0.4) is 0 Å². The van der Waals surface area contributed by atoms with Crippen molar-refractivity contribution in [1.82, 2.24) is 0 Å². The first-order valence-electron chi connectivity index (χ1n) is 11.8. The van der Waals surface area contributed by atoms with Crippen LogP contribution in [0, 0.1) is 17.8 Å². The van der Waals surface area contributed by atoms with E-state index >= 15 is 0 Å². The molecular formula is C24H42O5Si. The number of rotatable bonds is 7. The average Bonchev–Trinajstić information content (AvgIpc) is 3.17. The maximum absolute atomic E-state index is 11.1. The summed E-state index contributed by atoms with van der Waals surface area (Å²) in [7, 11) is -1.81. The molecule has 0 aromatic carbocycles. The van der Waals surface area contributed by atoms with Crippen molar-refractivity contribution in [3.63, 3.8) is 0 Å². The Labute approximate surface area is 184 Å². The van der Waals surface area contributed by atoms with Crippen molar-refractivity contribution in [1.29, 1.82) is 0 Å². The summed E-state index contributed by atoms with van der Waals surface area (Å²) >= 11 is 0. The Hall–Kier alpha value is -0.693. The molecule has 0 aromatic rings. The van der Waals surface area contributed by atoms with E-state index in [1.807, 2.05) is 0 Å². The highest BCUT2D eigenvalue weighted by atomic mass is 28.4. The molecule has 30 heavy (non-hydrogen) atoms. The van der Waals surface area contributed by atoms with E-state index in [0.29, 0.717) is 24.4 Å². The molecule has 6 heteroatoms. The van der Waals surface area contributed by atoms with Crippen LogP contribution < -0.4 is 0 Å². The minimum atomic E-state index is -1.81. The monoisotopic (exact) mass is 438 g/mol. The highest BCUT2D eigenvalue weighted by molar-refractivity contribution is 6.74. The molecule has 1 heterocycles. The molecule has 0 N–H and O–H groups in total. The van der Waals surface area contributed by atoms with Gasteiger partial charge in [-0.05, 0) is 74.6 Å². The summed E-state index contributed by atoms with van der Waals surface area (Å²) in [5, 5.41) is 0.207. The van der Waals surface area contributed by atoms with Gasteiger partial charge in [0.05, 0.1) is 6.10 Å². The van der Waals surface area contributed by atoms with Gasteiger partial charge in [0.25, 0.3) is 0 Å². The Morgan fingerprint density at radius 1 is 1.23 bits per heavy atom. The lowest BCUT2D eigenvalue weighted by atomic mass is 9.92. The van der Waals surface area contributed by atoms with Gasteiger partial charge in [-0.25, -0.2) is 0 Å². The van der Waals surface area contributed by atoms with E-state index in [-0.39, 0.29) is 23.4 Å². The highest BCUT2D eigenvalue weighted by Gasteiger charge is 2.49. The summed E-state index contributed by atoms with van der Waals surface area (Å²) in [6.45, 7) is 15.0. The molecule has 0 radical (unpaired) electrons. The molecule has 0 aromatic heterocycles. The Bertz CT molecular complexity index is 618. The SMILES string of the molecule is CC(=O)OC/C=C1/C[C@H]2C[C@@H](OC3CCCCO3)[C@H](CO[Si](C)(C)C(C)(C)C)[C@H]2C1. The van der Waals surface area contributed by atoms with E-state index in [2.05, 4.69) is 39.9 Å². The van der Waals surface area contributed by atoms with Crippen molar-refractivity contribution in [2.45, 2.75) is 96.7 Å². The van der Waals surface area contributed by atoms with Crippen molar-refractivity contribution in [2.24, 2.45) is 17.8 Å². The number of hydrogen-bond acceptors (Lipinski definition) is 5. The smallest absolute Gasteiger partial charge is 0.302 e. The number of hydrogen-bond donors (Lipinski definition) is 0. The van der Waals surface area contributed by atoms with Gasteiger partial charge in [-0.2, -0.15) is 0 Å². The lowest BCUT2D eigenvalue weighted by Gasteiger charge is -2.38. The van der Waals surface area contributed by atoms with E-state index in [1.54, 1.807) is 0 Å². The molecule has 5 atom stereocenters. The first-order chi connectivity index (χ1) is 14.1. The van der Waals surface area contributed by atoms with Crippen LogP contribution in [-0.2, 0) is 23.4 Å². The van der Waals surface area contributed by atoms with Crippen LogP contribution in [0.2, 0.25) is 18.1 Å². The number of carbonyl (C=O) groups is 1. The predicted molar refractivity (Wildman–Crippen MR) is 121 cm³/mol. The van der Waals surface area contributed by atoms with Gasteiger partial charge >= 0.3 is 5.97 Å². The van der Waals surface area contributed by atoms with Crippen molar-refractivity contribution in [3.05, 3.63) is 11.6 Å². The second kappa shape index (κ2) is 9.84. The summed E-state index contributed by atoms with van der Waals surface area (Å²) < 4.78 is 24.2. The number of carbonyl (C=O) groups excluding carboxylic acids is 1. The normalized spacial score (nSPS) is 33.7. The minimum absolute atomic E-state index is 0.0445. The second-order valence-corrected chi connectivity index (χ2v) is 15.7. The molecule has 3 fully saturated rings. The van der Waals surface area contributed by atoms with Crippen LogP contribution >= 0.6 is 0 Å². The molecule has 5 nitrogen and oxygen atoms in total. The van der Waals surface area contributed by atoms with Gasteiger partial charge in [0.15, 0.2) is 14.6 Å². The van der Waals surface area contributed by atoms with Crippen molar-refractivity contribution in [2.75, 3.05) is 19.8 Å². The molecule has 2 aliphatic carbocycles. The molecule has 1 aliphatic heterocycles. The third kappa shape index (κ3) is 5.96. The Morgan fingerprint density at radius 2 is 2.00 bits per heavy atom. The number of fused-ring (bicyclic) bond motifs is 1. The third-order valence-corrected chi connectivity index (χ3v) is 12.3. The van der Waals surface area contributed by atoms with Gasteiger partial charge in [-0.1, -0.05) is 26.3 Å². The Kier molecular flexibility index (Phi) is 7.86. The zero-order valence-electron chi connectivity index (χ0n) is 19.9. The van der Waals surface area contributed by atoms with E-state index in [9.17, 15) is 4.79 Å². The topological polar surface area (TPSA) is 54.0 Å². The third-order valence-electron chi connectivity index (χ3n) is 7.76. The van der Waals surface area contributed by atoms with Crippen molar-refractivity contribution < 1.29 is 23.4 Å². The van der Waals surface area contributed by atoms with Crippen LogP contribution in [0.25, 0.3) is 0 Å². The van der Waals surface area contributed by atoms with E-state index in [1.165, 1.54) is 18.9 Å². The average molecular weight is 439 g/mol. The second-order valence-electron chi connectivity index (χ2n) is 10.9. The fourth-order valence-corrected chi connectivity index (χ4v) is 5.96. The standard InChI is InChI=1S/C24H42O5Si/c1-17(25)26-12-10-18-13-19-15-22(29-23-9-7-8-11-27-23)21(20(19)14-18)16-28-30(5,6)24(2,3)4/h10,19-23H,7-9,11-16H2,1-6H3/b18-10-/t19-,20-,21+,22+,23?/m0/s1. The quantitative estimate of drug-likeness (QED) is 0.300. The van der Waals surface area contributed by atoms with Crippen molar-refractivity contribution in [3.8, 4) is 0 Å². The van der Waals surface area contributed by atoms with Gasteiger partial charge < -0.3 is 18.6 Å². The molecule has 2 saturated carbocycles. The molecule has 3 rings (SSSR count). The molecule has 3 aliphatic rings. The van der Waals surface area contributed by atoms with Gasteiger partial charge in [0.2, 0.25) is 0 Å². The van der Waals surface area contributed by atoms with Gasteiger partial charge in [-0.3, -0.25) is 4.79 Å². The van der Waals surface area contributed by atoms with Crippen LogP contribution in [-0.4, -0.2) is 46.5 Å². The van der Waals surface area contributed by atoms with E-state index < -0.39 is 8.32 Å². The van der Waals surface area contributed by atoms with Crippen LogP contribution in [0.15, 0.2) is 11.6 Å². The summed E-state index contributed by atoms with van der Waals surface area (Å²) in [6.07, 6.45) is 8.89. The Morgan fingerprint density at radius 3 is 2.63 bits per heavy atom. The van der Waals surface area contributed by atoms with Crippen molar-refractivity contribution >= 4 is 14.3 Å². The van der Waals surface area contributed by atoms with E-state index in [0.717, 1.165) is 45.3 Å². The summed E-state index contributed by atoms with van der Waals surface area (Å²) in [5.74, 6) is 1.42. The first kappa shape index (κ1) is 24.0. The molecular weight excluding hydrogens is 396 g/mol. The first-order valence-corrected chi connectivity index (χ1v) is 14.7. The van der Waals surface area contributed by atoms with Gasteiger partial charge in [0.1, 0.15) is 6.61 Å². The molecule has 0 spiro atoms. The molecule has 0 bridgehead atoms. The summed E-state index contributed by atoms with van der Waals surface area (Å²) in [6, 6.07) is 0. The Balaban J connectivity index is 1.66. The van der Waals surface area contributed by atoms with Crippen LogP contribution in [0.1, 0.15) is 66.2 Å². The minimum Gasteiger partial charge on any atom is -0.462 e. The molecule has 1 saturated heterocycles. The lowest BCUT2D eigenvalue weighted by molar-refractivity contribution is -0.197. The zero-order chi connectivity index (χ0) is 21.9. The summed E-state index contributed by atoms with van der Waals surface area (Å²) in [4.78, 5) is 11.1. The van der Waals surface area contributed by atoms with Gasteiger partial charge in [-0.15, -0.1) is 0 Å². The molecule has 172 valence electrons. The zero-order valence-corrected chi connectivity index (χ0v) is 20.9. The lowest BCUT2D eigenvalue weighted by Crippen LogP contribution is -2.43. The number of allylic oxidation sites excluding steroid dienone is 1. The van der Waals surface area contributed by atoms with Gasteiger partial charge in [0, 0.05) is 26.1 Å². The predicted octanol–water partition coefficient (Wildman–Crippen LogP) is 5.46. The fraction of sp³-hybridized carbons (Fsp3) is 0.875.